The highest BCUT2D eigenvalue weighted by molar-refractivity contribution is 7.15. The molecule has 1 aromatic rings. The van der Waals surface area contributed by atoms with Gasteiger partial charge in [0.1, 0.15) is 0 Å². The zero-order valence-electron chi connectivity index (χ0n) is 16.6. The van der Waals surface area contributed by atoms with E-state index in [1.807, 2.05) is 13.8 Å². The number of carbonyl (C=O) groups is 1. The van der Waals surface area contributed by atoms with Gasteiger partial charge >= 0.3 is 0 Å². The average Bonchev–Trinajstić information content (AvgIpc) is 2.97. The van der Waals surface area contributed by atoms with Crippen molar-refractivity contribution in [3.63, 3.8) is 0 Å². The first kappa shape index (κ1) is 22.2. The van der Waals surface area contributed by atoms with Gasteiger partial charge in [-0.2, -0.15) is 0 Å². The summed E-state index contributed by atoms with van der Waals surface area (Å²) in [5.41, 5.74) is 6.35. The topological polar surface area (TPSA) is 98.5 Å². The summed E-state index contributed by atoms with van der Waals surface area (Å²) >= 11 is 1.54. The van der Waals surface area contributed by atoms with E-state index in [1.54, 1.807) is 11.3 Å². The number of hydrogen-bond acceptors (Lipinski definition) is 7. The zero-order valence-corrected chi connectivity index (χ0v) is 17.4. The molecule has 0 spiro atoms. The van der Waals surface area contributed by atoms with E-state index in [0.717, 1.165) is 42.8 Å². The summed E-state index contributed by atoms with van der Waals surface area (Å²) in [6.07, 6.45) is 5.18. The van der Waals surface area contributed by atoms with Gasteiger partial charge in [0.25, 0.3) is 0 Å². The third kappa shape index (κ3) is 7.83. The molecule has 154 valence electrons. The molecule has 1 heterocycles. The number of thiazole rings is 1. The lowest BCUT2D eigenvalue weighted by Gasteiger charge is -2.31. The van der Waals surface area contributed by atoms with Crippen LogP contribution in [-0.2, 0) is 14.3 Å². The smallest absolute Gasteiger partial charge is 0.230 e. The van der Waals surface area contributed by atoms with Gasteiger partial charge in [0.15, 0.2) is 5.13 Å². The molecule has 1 aliphatic carbocycles. The molecule has 8 heteroatoms. The third-order valence-electron chi connectivity index (χ3n) is 4.87. The van der Waals surface area contributed by atoms with E-state index >= 15 is 0 Å². The van der Waals surface area contributed by atoms with Crippen LogP contribution in [0.5, 0.6) is 0 Å². The Morgan fingerprint density at radius 3 is 2.63 bits per heavy atom. The Morgan fingerprint density at radius 2 is 1.93 bits per heavy atom. The van der Waals surface area contributed by atoms with Crippen LogP contribution < -0.4 is 16.4 Å². The number of carbonyl (C=O) groups excluding carboxylic acids is 1. The van der Waals surface area contributed by atoms with Gasteiger partial charge in [0.05, 0.1) is 31.4 Å². The molecular weight excluding hydrogens is 364 g/mol. The Balaban J connectivity index is 1.67. The maximum absolute atomic E-state index is 12.7. The largest absolute Gasteiger partial charge is 0.379 e. The molecular formula is C19H34N4O3S. The number of amides is 1. The Labute approximate surface area is 166 Å². The highest BCUT2D eigenvalue weighted by Crippen LogP contribution is 2.27. The van der Waals surface area contributed by atoms with Crippen molar-refractivity contribution >= 4 is 22.4 Å². The number of nitrogens with one attached hydrogen (secondary N) is 2. The van der Waals surface area contributed by atoms with E-state index in [9.17, 15) is 4.79 Å². The van der Waals surface area contributed by atoms with Crippen LogP contribution in [0.2, 0.25) is 0 Å². The quantitative estimate of drug-likeness (QED) is 0.467. The number of nitrogens with two attached hydrogens (primary N) is 1. The summed E-state index contributed by atoms with van der Waals surface area (Å²) in [6.45, 7) is 7.86. The highest BCUT2D eigenvalue weighted by atomic mass is 32.1. The Kier molecular flexibility index (Phi) is 10.2. The molecule has 0 radical (unpaired) electrons. The van der Waals surface area contributed by atoms with Crippen LogP contribution in [-0.4, -0.2) is 56.5 Å². The van der Waals surface area contributed by atoms with Crippen molar-refractivity contribution in [2.45, 2.75) is 52.0 Å². The molecule has 0 bridgehead atoms. The van der Waals surface area contributed by atoms with E-state index in [1.165, 1.54) is 6.42 Å². The molecule has 1 fully saturated rings. The molecule has 2 atom stereocenters. The van der Waals surface area contributed by atoms with E-state index in [0.29, 0.717) is 38.1 Å². The molecule has 1 amide bonds. The van der Waals surface area contributed by atoms with Crippen molar-refractivity contribution in [2.75, 3.05) is 44.8 Å². The Bertz CT molecular complexity index is 548. The second-order valence-electron chi connectivity index (χ2n) is 6.97. The molecule has 4 N–H and O–H groups in total. The first-order valence-corrected chi connectivity index (χ1v) is 10.8. The summed E-state index contributed by atoms with van der Waals surface area (Å²) in [4.78, 5) is 18.3. The molecule has 2 rings (SSSR count). The van der Waals surface area contributed by atoms with Gasteiger partial charge in [0, 0.05) is 24.1 Å². The van der Waals surface area contributed by atoms with Crippen LogP contribution in [0.15, 0.2) is 0 Å². The van der Waals surface area contributed by atoms with Crippen molar-refractivity contribution in [3.05, 3.63) is 10.6 Å². The molecule has 1 saturated carbocycles. The minimum absolute atomic E-state index is 0.00819. The van der Waals surface area contributed by atoms with Crippen molar-refractivity contribution in [1.82, 2.24) is 10.3 Å². The van der Waals surface area contributed by atoms with Crippen LogP contribution in [0.1, 0.15) is 42.7 Å². The number of hydrogen-bond donors (Lipinski definition) is 3. The van der Waals surface area contributed by atoms with Gasteiger partial charge < -0.3 is 25.8 Å². The van der Waals surface area contributed by atoms with Crippen LogP contribution in [0.3, 0.4) is 0 Å². The van der Waals surface area contributed by atoms with Crippen LogP contribution >= 0.6 is 11.3 Å². The zero-order chi connectivity index (χ0) is 19.5. The summed E-state index contributed by atoms with van der Waals surface area (Å²) in [5, 5.41) is 7.29. The number of nitrogens with zero attached hydrogens (tertiary/aromatic N) is 1. The van der Waals surface area contributed by atoms with Crippen molar-refractivity contribution in [2.24, 2.45) is 11.7 Å². The molecule has 7 nitrogen and oxygen atoms in total. The van der Waals surface area contributed by atoms with Crippen molar-refractivity contribution in [3.8, 4) is 0 Å². The monoisotopic (exact) mass is 398 g/mol. The first-order valence-electron chi connectivity index (χ1n) is 9.95. The van der Waals surface area contributed by atoms with E-state index in [4.69, 9.17) is 15.2 Å². The second kappa shape index (κ2) is 12.4. The average molecular weight is 399 g/mol. The number of ether oxygens (including phenoxy) is 2. The minimum Gasteiger partial charge on any atom is -0.379 e. The van der Waals surface area contributed by atoms with Gasteiger partial charge in [-0.05, 0) is 39.7 Å². The predicted molar refractivity (Wildman–Crippen MR) is 109 cm³/mol. The highest BCUT2D eigenvalue weighted by Gasteiger charge is 2.31. The SMILES string of the molecule is Cc1nc(NC(=O)C2CCCCC2NCCCOCCOCCN)sc1C. The number of aryl methyl sites for hydroxylation is 2. The summed E-state index contributed by atoms with van der Waals surface area (Å²) in [6, 6.07) is 0.230. The van der Waals surface area contributed by atoms with Crippen LogP contribution in [0, 0.1) is 19.8 Å². The lowest BCUT2D eigenvalue weighted by atomic mass is 9.84. The maximum Gasteiger partial charge on any atom is 0.230 e. The van der Waals surface area contributed by atoms with E-state index in [-0.39, 0.29) is 17.9 Å². The maximum atomic E-state index is 12.7. The number of aromatic nitrogens is 1. The molecule has 1 aromatic heterocycles. The Hall–Kier alpha value is -1.06. The Morgan fingerprint density at radius 1 is 1.19 bits per heavy atom. The summed E-state index contributed by atoms with van der Waals surface area (Å²) < 4.78 is 10.8. The molecule has 27 heavy (non-hydrogen) atoms. The minimum atomic E-state index is 0.00819. The lowest BCUT2D eigenvalue weighted by Crippen LogP contribution is -2.44. The van der Waals surface area contributed by atoms with Gasteiger partial charge in [-0.1, -0.05) is 12.8 Å². The molecule has 0 aromatic carbocycles. The molecule has 1 aliphatic rings. The van der Waals surface area contributed by atoms with E-state index < -0.39 is 0 Å². The van der Waals surface area contributed by atoms with Gasteiger partial charge in [-0.15, -0.1) is 11.3 Å². The van der Waals surface area contributed by atoms with Crippen molar-refractivity contribution < 1.29 is 14.3 Å². The van der Waals surface area contributed by atoms with Gasteiger partial charge in [-0.25, -0.2) is 4.98 Å². The van der Waals surface area contributed by atoms with Crippen LogP contribution in [0.25, 0.3) is 0 Å². The second-order valence-corrected chi connectivity index (χ2v) is 8.17. The predicted octanol–water partition coefficient (Wildman–Crippen LogP) is 2.23. The van der Waals surface area contributed by atoms with Gasteiger partial charge in [0.2, 0.25) is 5.91 Å². The summed E-state index contributed by atoms with van der Waals surface area (Å²) in [5.74, 6) is 0.100. The van der Waals surface area contributed by atoms with Crippen LogP contribution in [0.4, 0.5) is 5.13 Å². The number of rotatable bonds is 12. The lowest BCUT2D eigenvalue weighted by molar-refractivity contribution is -0.121. The standard InChI is InChI=1S/C19H34N4O3S/c1-14-15(2)27-19(22-14)23-18(24)16-6-3-4-7-17(16)21-9-5-10-25-12-13-26-11-8-20/h16-17,21H,3-13,20H2,1-2H3,(H,22,23,24). The van der Waals surface area contributed by atoms with E-state index in [2.05, 4.69) is 15.6 Å². The fourth-order valence-corrected chi connectivity index (χ4v) is 4.10. The van der Waals surface area contributed by atoms with Crippen molar-refractivity contribution in [1.29, 1.82) is 0 Å². The fraction of sp³-hybridized carbons (Fsp3) is 0.789. The molecule has 0 aliphatic heterocycles. The normalized spacial score (nSPS) is 20.0. The van der Waals surface area contributed by atoms with Gasteiger partial charge in [-0.3, -0.25) is 4.79 Å². The fourth-order valence-electron chi connectivity index (χ4n) is 3.28. The summed E-state index contributed by atoms with van der Waals surface area (Å²) in [7, 11) is 0. The third-order valence-corrected chi connectivity index (χ3v) is 5.86. The first-order chi connectivity index (χ1) is 13.1. The number of anilines is 1. The molecule has 0 saturated heterocycles. The molecule has 2 unspecified atom stereocenters.